The highest BCUT2D eigenvalue weighted by Gasteiger charge is 2.32. The number of hydrogen-bond donors (Lipinski definition) is 0. The molecule has 1 atom stereocenters. The molecule has 0 aliphatic carbocycles. The van der Waals surface area contributed by atoms with Gasteiger partial charge in [-0.2, -0.15) is 0 Å². The van der Waals surface area contributed by atoms with Crippen molar-refractivity contribution in [3.63, 3.8) is 0 Å². The van der Waals surface area contributed by atoms with Crippen LogP contribution in [0.2, 0.25) is 0 Å². The summed E-state index contributed by atoms with van der Waals surface area (Å²) in [5.74, 6) is -0.337. The summed E-state index contributed by atoms with van der Waals surface area (Å²) in [5, 5.41) is 0. The van der Waals surface area contributed by atoms with Crippen molar-refractivity contribution in [3.8, 4) is 11.1 Å². The lowest BCUT2D eigenvalue weighted by molar-refractivity contribution is -0.134. The number of benzene rings is 1. The molecule has 1 saturated heterocycles. The third-order valence-corrected chi connectivity index (χ3v) is 5.73. The van der Waals surface area contributed by atoms with Crippen molar-refractivity contribution in [1.82, 2.24) is 19.8 Å². The van der Waals surface area contributed by atoms with E-state index in [0.29, 0.717) is 38.2 Å². The first kappa shape index (κ1) is 21.4. The number of pyridine rings is 2. The maximum absolute atomic E-state index is 13.3. The molecule has 0 unspecified atom stereocenters. The van der Waals surface area contributed by atoms with Crippen molar-refractivity contribution < 1.29 is 9.59 Å². The van der Waals surface area contributed by atoms with Crippen molar-refractivity contribution in [1.29, 1.82) is 0 Å². The van der Waals surface area contributed by atoms with E-state index in [2.05, 4.69) is 28.7 Å². The predicted octanol–water partition coefficient (Wildman–Crippen LogP) is 3.47. The fourth-order valence-corrected chi connectivity index (χ4v) is 4.10. The minimum Gasteiger partial charge on any atom is -0.337 e. The number of aromatic nitrogens is 2. The van der Waals surface area contributed by atoms with Crippen LogP contribution in [0.5, 0.6) is 0 Å². The highest BCUT2D eigenvalue weighted by molar-refractivity contribution is 5.94. The largest absolute Gasteiger partial charge is 0.337 e. The number of nitrogens with zero attached hydrogens (tertiary/aromatic N) is 4. The normalized spacial score (nSPS) is 16.5. The van der Waals surface area contributed by atoms with Gasteiger partial charge in [0.05, 0.1) is 5.92 Å². The van der Waals surface area contributed by atoms with Gasteiger partial charge in [0.25, 0.3) is 5.91 Å². The molecule has 3 aromatic rings. The summed E-state index contributed by atoms with van der Waals surface area (Å²) in [5.41, 5.74) is 3.81. The van der Waals surface area contributed by atoms with Gasteiger partial charge < -0.3 is 9.80 Å². The first-order valence-corrected chi connectivity index (χ1v) is 10.7. The first-order valence-electron chi connectivity index (χ1n) is 10.7. The number of amides is 2. The first-order chi connectivity index (χ1) is 15.7. The molecule has 3 heterocycles. The van der Waals surface area contributed by atoms with E-state index in [1.807, 2.05) is 24.3 Å². The summed E-state index contributed by atoms with van der Waals surface area (Å²) >= 11 is 0. The monoisotopic (exact) mass is 426 g/mol. The molecule has 0 radical (unpaired) electrons. The minimum atomic E-state index is -0.323. The third-order valence-electron chi connectivity index (χ3n) is 5.73. The summed E-state index contributed by atoms with van der Waals surface area (Å²) in [7, 11) is 0. The SMILES string of the molecule is C=CCN1CCN(C(=O)c2ccncc2)C[C@H](Cc2cccc(-c3ccncc3)c2)C1=O. The molecule has 0 saturated carbocycles. The Morgan fingerprint density at radius 2 is 1.72 bits per heavy atom. The Hall–Kier alpha value is -3.80. The number of rotatable bonds is 6. The molecular formula is C26H26N4O2. The van der Waals surface area contributed by atoms with Crippen LogP contribution in [0, 0.1) is 5.92 Å². The number of carbonyl (C=O) groups excluding carboxylic acids is 2. The van der Waals surface area contributed by atoms with Crippen LogP contribution in [0.25, 0.3) is 11.1 Å². The highest BCUT2D eigenvalue weighted by atomic mass is 16.2. The van der Waals surface area contributed by atoms with Gasteiger partial charge in [-0.3, -0.25) is 19.6 Å². The molecule has 162 valence electrons. The van der Waals surface area contributed by atoms with Crippen LogP contribution in [0.1, 0.15) is 15.9 Å². The van der Waals surface area contributed by atoms with Gasteiger partial charge in [-0.25, -0.2) is 0 Å². The topological polar surface area (TPSA) is 66.4 Å². The molecule has 0 N–H and O–H groups in total. The maximum Gasteiger partial charge on any atom is 0.254 e. The number of carbonyl (C=O) groups is 2. The zero-order valence-corrected chi connectivity index (χ0v) is 17.9. The second kappa shape index (κ2) is 10.0. The van der Waals surface area contributed by atoms with E-state index in [0.717, 1.165) is 16.7 Å². The van der Waals surface area contributed by atoms with Gasteiger partial charge >= 0.3 is 0 Å². The second-order valence-corrected chi connectivity index (χ2v) is 7.90. The van der Waals surface area contributed by atoms with Crippen molar-refractivity contribution in [2.75, 3.05) is 26.2 Å². The van der Waals surface area contributed by atoms with Gasteiger partial charge in [-0.15, -0.1) is 6.58 Å². The third kappa shape index (κ3) is 4.91. The van der Waals surface area contributed by atoms with Crippen LogP contribution >= 0.6 is 0 Å². The van der Waals surface area contributed by atoms with Gasteiger partial charge in [0.2, 0.25) is 5.91 Å². The molecule has 6 nitrogen and oxygen atoms in total. The van der Waals surface area contributed by atoms with Gasteiger partial charge in [-0.1, -0.05) is 30.3 Å². The van der Waals surface area contributed by atoms with Crippen LogP contribution in [-0.2, 0) is 11.2 Å². The van der Waals surface area contributed by atoms with Crippen LogP contribution in [0.4, 0.5) is 0 Å². The molecule has 6 heteroatoms. The maximum atomic E-state index is 13.3. The van der Waals surface area contributed by atoms with Crippen molar-refractivity contribution in [2.24, 2.45) is 5.92 Å². The van der Waals surface area contributed by atoms with Crippen molar-refractivity contribution in [2.45, 2.75) is 6.42 Å². The van der Waals surface area contributed by atoms with E-state index >= 15 is 0 Å². The van der Waals surface area contributed by atoms with Gasteiger partial charge in [0, 0.05) is 56.5 Å². The molecular weight excluding hydrogens is 400 g/mol. The van der Waals surface area contributed by atoms with Crippen molar-refractivity contribution in [3.05, 3.63) is 97.1 Å². The quantitative estimate of drug-likeness (QED) is 0.566. The van der Waals surface area contributed by atoms with E-state index in [1.165, 1.54) is 0 Å². The minimum absolute atomic E-state index is 0.0595. The molecule has 0 spiro atoms. The van der Waals surface area contributed by atoms with E-state index in [9.17, 15) is 9.59 Å². The Morgan fingerprint density at radius 1 is 1.00 bits per heavy atom. The molecule has 1 aliphatic rings. The Bertz CT molecular complexity index is 1090. The van der Waals surface area contributed by atoms with E-state index in [4.69, 9.17) is 0 Å². The van der Waals surface area contributed by atoms with Gasteiger partial charge in [-0.05, 0) is 47.4 Å². The Labute approximate surface area is 188 Å². The zero-order chi connectivity index (χ0) is 22.3. The lowest BCUT2D eigenvalue weighted by Crippen LogP contribution is -2.38. The lowest BCUT2D eigenvalue weighted by Gasteiger charge is -2.24. The summed E-state index contributed by atoms with van der Waals surface area (Å²) in [6, 6.07) is 15.6. The molecule has 2 amide bonds. The molecule has 4 rings (SSSR count). The molecule has 2 aromatic heterocycles. The summed E-state index contributed by atoms with van der Waals surface area (Å²) in [6.45, 7) is 5.64. The standard InChI is InChI=1S/C26H26N4O2/c1-2-14-29-15-16-30(25(31)22-8-12-28-13-9-22)19-24(26(29)32)18-20-4-3-5-23(17-20)21-6-10-27-11-7-21/h2-13,17,24H,1,14-16,18-19H2/t24-/m0/s1. The Balaban J connectivity index is 1.59. The molecule has 1 aliphatic heterocycles. The van der Waals surface area contributed by atoms with Gasteiger partial charge in [0.1, 0.15) is 0 Å². The van der Waals surface area contributed by atoms with Crippen molar-refractivity contribution >= 4 is 11.8 Å². The average Bonchev–Trinajstić information content (AvgIpc) is 2.99. The molecule has 32 heavy (non-hydrogen) atoms. The second-order valence-electron chi connectivity index (χ2n) is 7.90. The zero-order valence-electron chi connectivity index (χ0n) is 17.9. The molecule has 0 bridgehead atoms. The van der Waals surface area contributed by atoms with Crippen LogP contribution < -0.4 is 0 Å². The lowest BCUT2D eigenvalue weighted by atomic mass is 9.95. The fraction of sp³-hybridized carbons (Fsp3) is 0.231. The summed E-state index contributed by atoms with van der Waals surface area (Å²) in [6.07, 6.45) is 9.06. The van der Waals surface area contributed by atoms with Crippen LogP contribution in [-0.4, -0.2) is 57.8 Å². The van der Waals surface area contributed by atoms with E-state index in [1.54, 1.807) is 52.8 Å². The van der Waals surface area contributed by atoms with Gasteiger partial charge in [0.15, 0.2) is 0 Å². The predicted molar refractivity (Wildman–Crippen MR) is 124 cm³/mol. The fourth-order valence-electron chi connectivity index (χ4n) is 4.10. The number of hydrogen-bond acceptors (Lipinski definition) is 4. The smallest absolute Gasteiger partial charge is 0.254 e. The van der Waals surface area contributed by atoms with E-state index < -0.39 is 0 Å². The Kier molecular flexibility index (Phi) is 6.70. The van der Waals surface area contributed by atoms with Crippen LogP contribution in [0.15, 0.2) is 86.0 Å². The average molecular weight is 427 g/mol. The molecule has 1 aromatic carbocycles. The van der Waals surface area contributed by atoms with E-state index in [-0.39, 0.29) is 17.7 Å². The summed E-state index contributed by atoms with van der Waals surface area (Å²) in [4.78, 5) is 38.1. The molecule has 1 fully saturated rings. The summed E-state index contributed by atoms with van der Waals surface area (Å²) < 4.78 is 0. The highest BCUT2D eigenvalue weighted by Crippen LogP contribution is 2.23. The Morgan fingerprint density at radius 3 is 2.44 bits per heavy atom. The van der Waals surface area contributed by atoms with Crippen LogP contribution in [0.3, 0.4) is 0 Å².